The van der Waals surface area contributed by atoms with E-state index in [-0.39, 0.29) is 18.4 Å². The van der Waals surface area contributed by atoms with Crippen LogP contribution in [-0.2, 0) is 16.1 Å². The molecule has 1 aromatic rings. The van der Waals surface area contributed by atoms with Crippen molar-refractivity contribution in [3.05, 3.63) is 18.1 Å². The van der Waals surface area contributed by atoms with Gasteiger partial charge < -0.3 is 5.32 Å². The van der Waals surface area contributed by atoms with Crippen LogP contribution in [0.4, 0.5) is 5.82 Å². The Labute approximate surface area is 118 Å². The number of carbonyl (C=O) groups excluding carboxylic acids is 2. The van der Waals surface area contributed by atoms with Crippen LogP contribution in [0.5, 0.6) is 0 Å². The van der Waals surface area contributed by atoms with Crippen molar-refractivity contribution in [2.24, 2.45) is 0 Å². The molecule has 20 heavy (non-hydrogen) atoms. The van der Waals surface area contributed by atoms with Gasteiger partial charge >= 0.3 is 0 Å². The lowest BCUT2D eigenvalue weighted by atomic mass is 10.2. The van der Waals surface area contributed by atoms with Gasteiger partial charge in [-0.05, 0) is 19.3 Å². The highest BCUT2D eigenvalue weighted by Gasteiger charge is 2.24. The van der Waals surface area contributed by atoms with Crippen molar-refractivity contribution in [3.8, 4) is 0 Å². The number of aromatic nitrogens is 2. The molecule has 1 aliphatic rings. The molecule has 6 nitrogen and oxygen atoms in total. The summed E-state index contributed by atoms with van der Waals surface area (Å²) in [5, 5.41) is 3.13. The highest BCUT2D eigenvalue weighted by Crippen LogP contribution is 2.15. The van der Waals surface area contributed by atoms with Crippen LogP contribution in [0.1, 0.15) is 44.7 Å². The lowest BCUT2D eigenvalue weighted by molar-refractivity contribution is -0.144. The van der Waals surface area contributed by atoms with Gasteiger partial charge in [-0.3, -0.25) is 19.5 Å². The van der Waals surface area contributed by atoms with Crippen LogP contribution in [-0.4, -0.2) is 33.2 Å². The molecular weight excluding hydrogens is 256 g/mol. The summed E-state index contributed by atoms with van der Waals surface area (Å²) in [5.41, 5.74) is 0.635. The van der Waals surface area contributed by atoms with Crippen LogP contribution in [0, 0.1) is 0 Å². The number of rotatable bonds is 5. The van der Waals surface area contributed by atoms with Crippen LogP contribution < -0.4 is 5.32 Å². The van der Waals surface area contributed by atoms with E-state index in [9.17, 15) is 9.59 Å². The Morgan fingerprint density at radius 1 is 1.15 bits per heavy atom. The molecule has 108 valence electrons. The van der Waals surface area contributed by atoms with Crippen LogP contribution in [0.15, 0.2) is 12.4 Å². The maximum absolute atomic E-state index is 11.9. The number of anilines is 1. The molecule has 0 radical (unpaired) electrons. The van der Waals surface area contributed by atoms with Crippen LogP contribution in [0.2, 0.25) is 0 Å². The van der Waals surface area contributed by atoms with E-state index in [1.54, 1.807) is 12.4 Å². The molecule has 0 atom stereocenters. The van der Waals surface area contributed by atoms with Crippen molar-refractivity contribution in [1.29, 1.82) is 0 Å². The number of imide groups is 1. The molecule has 0 spiro atoms. The normalized spacial score (nSPS) is 16.1. The van der Waals surface area contributed by atoms with Gasteiger partial charge in [-0.15, -0.1) is 0 Å². The Balaban J connectivity index is 2.00. The number of hydrogen-bond acceptors (Lipinski definition) is 5. The van der Waals surface area contributed by atoms with Crippen molar-refractivity contribution >= 4 is 17.6 Å². The average Bonchev–Trinajstić information content (AvgIpc) is 2.62. The Morgan fingerprint density at radius 2 is 1.85 bits per heavy atom. The first-order chi connectivity index (χ1) is 9.70. The fraction of sp³-hybridized carbons (Fsp3) is 0.571. The molecule has 1 N–H and O–H groups in total. The molecule has 2 amide bonds. The Hall–Kier alpha value is -1.98. The summed E-state index contributed by atoms with van der Waals surface area (Å²) in [6.07, 6.45) is 6.71. The molecule has 1 aliphatic heterocycles. The Bertz CT molecular complexity index is 455. The first-order valence-corrected chi connectivity index (χ1v) is 7.08. The van der Waals surface area contributed by atoms with E-state index >= 15 is 0 Å². The van der Waals surface area contributed by atoms with Crippen molar-refractivity contribution in [3.63, 3.8) is 0 Å². The third kappa shape index (κ3) is 3.76. The molecule has 2 heterocycles. The van der Waals surface area contributed by atoms with Gasteiger partial charge in [0.05, 0.1) is 24.6 Å². The van der Waals surface area contributed by atoms with Gasteiger partial charge in [0.1, 0.15) is 5.82 Å². The number of likely N-dealkylation sites (tertiary alicyclic amines) is 1. The number of hydrogen-bond donors (Lipinski definition) is 1. The second-order valence-corrected chi connectivity index (χ2v) is 4.90. The maximum atomic E-state index is 11.9. The summed E-state index contributed by atoms with van der Waals surface area (Å²) in [4.78, 5) is 33.6. The molecule has 1 fully saturated rings. The van der Waals surface area contributed by atoms with Crippen molar-refractivity contribution in [2.75, 3.05) is 11.9 Å². The lowest BCUT2D eigenvalue weighted by Gasteiger charge is -2.18. The summed E-state index contributed by atoms with van der Waals surface area (Å²) in [7, 11) is 0. The highest BCUT2D eigenvalue weighted by molar-refractivity contribution is 5.95. The SMILES string of the molecule is CCCNc1cnc(CN2C(=O)CCCCC2=O)cn1. The molecule has 0 aliphatic carbocycles. The van der Waals surface area contributed by atoms with Gasteiger partial charge in [0.15, 0.2) is 0 Å². The minimum Gasteiger partial charge on any atom is -0.369 e. The Kier molecular flexibility index (Phi) is 5.03. The predicted molar refractivity (Wildman–Crippen MR) is 74.8 cm³/mol. The number of amides is 2. The summed E-state index contributed by atoms with van der Waals surface area (Å²) in [6.45, 7) is 3.14. The lowest BCUT2D eigenvalue weighted by Crippen LogP contribution is -2.34. The summed E-state index contributed by atoms with van der Waals surface area (Å²) in [5.74, 6) is 0.495. The fourth-order valence-electron chi connectivity index (χ4n) is 2.08. The maximum Gasteiger partial charge on any atom is 0.229 e. The third-order valence-corrected chi connectivity index (χ3v) is 3.21. The zero-order valence-corrected chi connectivity index (χ0v) is 11.8. The quantitative estimate of drug-likeness (QED) is 0.829. The van der Waals surface area contributed by atoms with E-state index in [1.807, 2.05) is 0 Å². The average molecular weight is 276 g/mol. The zero-order chi connectivity index (χ0) is 14.4. The number of nitrogens with zero attached hydrogens (tertiary/aromatic N) is 3. The largest absolute Gasteiger partial charge is 0.369 e. The molecule has 0 bridgehead atoms. The fourth-order valence-corrected chi connectivity index (χ4v) is 2.08. The number of carbonyl (C=O) groups is 2. The standard InChI is InChI=1S/C14H20N4O2/c1-2-7-15-12-9-16-11(8-17-12)10-18-13(19)5-3-4-6-14(18)20/h8-9H,2-7,10H2,1H3,(H,15,17). The van der Waals surface area contributed by atoms with E-state index < -0.39 is 0 Å². The molecule has 1 saturated heterocycles. The minimum absolute atomic E-state index is 0.109. The minimum atomic E-state index is -0.109. The van der Waals surface area contributed by atoms with Crippen molar-refractivity contribution < 1.29 is 9.59 Å². The van der Waals surface area contributed by atoms with Gasteiger partial charge in [-0.1, -0.05) is 6.92 Å². The first kappa shape index (κ1) is 14.4. The zero-order valence-electron chi connectivity index (χ0n) is 11.8. The molecule has 0 unspecified atom stereocenters. The van der Waals surface area contributed by atoms with Crippen LogP contribution >= 0.6 is 0 Å². The van der Waals surface area contributed by atoms with Gasteiger partial charge in [0.2, 0.25) is 11.8 Å². The molecular formula is C14H20N4O2. The summed E-state index contributed by atoms with van der Waals surface area (Å²) >= 11 is 0. The second kappa shape index (κ2) is 6.98. The van der Waals surface area contributed by atoms with Gasteiger partial charge in [-0.25, -0.2) is 4.98 Å². The van der Waals surface area contributed by atoms with E-state index in [0.717, 1.165) is 25.8 Å². The second-order valence-electron chi connectivity index (χ2n) is 4.90. The molecule has 2 rings (SSSR count). The molecule has 6 heteroatoms. The third-order valence-electron chi connectivity index (χ3n) is 3.21. The van der Waals surface area contributed by atoms with Gasteiger partial charge in [0, 0.05) is 19.4 Å². The van der Waals surface area contributed by atoms with Gasteiger partial charge in [-0.2, -0.15) is 0 Å². The highest BCUT2D eigenvalue weighted by atomic mass is 16.2. The summed E-state index contributed by atoms with van der Waals surface area (Å²) < 4.78 is 0. The Morgan fingerprint density at radius 3 is 2.40 bits per heavy atom. The first-order valence-electron chi connectivity index (χ1n) is 7.08. The van der Waals surface area contributed by atoms with E-state index in [2.05, 4.69) is 22.2 Å². The van der Waals surface area contributed by atoms with Crippen molar-refractivity contribution in [2.45, 2.75) is 45.6 Å². The summed E-state index contributed by atoms with van der Waals surface area (Å²) in [6, 6.07) is 0. The molecule has 1 aromatic heterocycles. The molecule has 0 aromatic carbocycles. The van der Waals surface area contributed by atoms with E-state index in [1.165, 1.54) is 4.90 Å². The topological polar surface area (TPSA) is 75.2 Å². The predicted octanol–water partition coefficient (Wildman–Crippen LogP) is 1.73. The van der Waals surface area contributed by atoms with E-state index in [4.69, 9.17) is 0 Å². The van der Waals surface area contributed by atoms with Crippen LogP contribution in [0.25, 0.3) is 0 Å². The smallest absolute Gasteiger partial charge is 0.229 e. The molecule has 0 saturated carbocycles. The van der Waals surface area contributed by atoms with Crippen LogP contribution in [0.3, 0.4) is 0 Å². The van der Waals surface area contributed by atoms with Gasteiger partial charge in [0.25, 0.3) is 0 Å². The van der Waals surface area contributed by atoms with Crippen molar-refractivity contribution in [1.82, 2.24) is 14.9 Å². The monoisotopic (exact) mass is 276 g/mol. The van der Waals surface area contributed by atoms with E-state index in [0.29, 0.717) is 24.4 Å². The number of nitrogens with one attached hydrogen (secondary N) is 1.